The Morgan fingerprint density at radius 1 is 1.22 bits per heavy atom. The van der Waals surface area contributed by atoms with E-state index in [4.69, 9.17) is 0 Å². The van der Waals surface area contributed by atoms with Crippen LogP contribution in [0.1, 0.15) is 30.2 Å². The molecule has 0 fully saturated rings. The van der Waals surface area contributed by atoms with Crippen LogP contribution >= 0.6 is 0 Å². The second-order valence-electron chi connectivity index (χ2n) is 5.00. The van der Waals surface area contributed by atoms with E-state index in [2.05, 4.69) is 28.2 Å². The molecule has 2 aromatic heterocycles. The van der Waals surface area contributed by atoms with Crippen LogP contribution in [0, 0.1) is 0 Å². The summed E-state index contributed by atoms with van der Waals surface area (Å²) in [6, 6.07) is 10.3. The number of H-pyrrole nitrogens is 1. The second kappa shape index (κ2) is 3.56. The Morgan fingerprint density at radius 2 is 2.11 bits per heavy atom. The number of aromatic nitrogens is 2. The van der Waals surface area contributed by atoms with E-state index >= 15 is 0 Å². The molecule has 1 aliphatic rings. The predicted molar refractivity (Wildman–Crippen MR) is 71.5 cm³/mol. The molecule has 90 valence electrons. The van der Waals surface area contributed by atoms with Gasteiger partial charge in [0.15, 0.2) is 0 Å². The standard InChI is InChI=1S/C15H14N2O/c18-14-7-3-6-13-11(14)8-10-9-4-1-2-5-12(9)16-15(10)17-13/h1-2,4-5,8,14,18H,3,6-7H2,(H,16,17). The number of aliphatic hydroxyl groups is 1. The molecule has 0 saturated carbocycles. The molecule has 0 radical (unpaired) electrons. The Kier molecular flexibility index (Phi) is 2.00. The van der Waals surface area contributed by atoms with Gasteiger partial charge in [0.25, 0.3) is 0 Å². The number of hydrogen-bond donors (Lipinski definition) is 2. The van der Waals surface area contributed by atoms with E-state index in [9.17, 15) is 5.11 Å². The third-order valence-electron chi connectivity index (χ3n) is 3.86. The molecule has 0 amide bonds. The SMILES string of the molecule is OC1CCCc2nc3[nH]c4ccccc4c3cc21. The quantitative estimate of drug-likeness (QED) is 0.632. The minimum absolute atomic E-state index is 0.348. The molecule has 3 heteroatoms. The molecule has 0 bridgehead atoms. The lowest BCUT2D eigenvalue weighted by molar-refractivity contribution is 0.156. The highest BCUT2D eigenvalue weighted by Crippen LogP contribution is 2.33. The maximum absolute atomic E-state index is 10.1. The zero-order valence-electron chi connectivity index (χ0n) is 9.98. The second-order valence-corrected chi connectivity index (χ2v) is 5.00. The summed E-state index contributed by atoms with van der Waals surface area (Å²) >= 11 is 0. The largest absolute Gasteiger partial charge is 0.388 e. The highest BCUT2D eigenvalue weighted by atomic mass is 16.3. The summed E-state index contributed by atoms with van der Waals surface area (Å²) in [6.07, 6.45) is 2.49. The van der Waals surface area contributed by atoms with Gasteiger partial charge < -0.3 is 10.1 Å². The van der Waals surface area contributed by atoms with Crippen LogP contribution in [0.5, 0.6) is 0 Å². The Bertz CT molecular complexity index is 745. The number of aliphatic hydroxyl groups excluding tert-OH is 1. The summed E-state index contributed by atoms with van der Waals surface area (Å²) in [7, 11) is 0. The number of rotatable bonds is 0. The van der Waals surface area contributed by atoms with Crippen LogP contribution in [0.4, 0.5) is 0 Å². The smallest absolute Gasteiger partial charge is 0.138 e. The molecule has 2 heterocycles. The Balaban J connectivity index is 2.10. The molecular formula is C15H14N2O. The van der Waals surface area contributed by atoms with Gasteiger partial charge in [-0.2, -0.15) is 0 Å². The molecule has 1 unspecified atom stereocenters. The molecule has 2 N–H and O–H groups in total. The lowest BCUT2D eigenvalue weighted by Crippen LogP contribution is -2.10. The van der Waals surface area contributed by atoms with Gasteiger partial charge in [-0.05, 0) is 31.4 Å². The highest BCUT2D eigenvalue weighted by Gasteiger charge is 2.20. The molecule has 1 atom stereocenters. The van der Waals surface area contributed by atoms with Gasteiger partial charge in [0.05, 0.1) is 6.10 Å². The van der Waals surface area contributed by atoms with Gasteiger partial charge in [0.1, 0.15) is 5.65 Å². The van der Waals surface area contributed by atoms with E-state index < -0.39 is 0 Å². The summed E-state index contributed by atoms with van der Waals surface area (Å²) in [5.74, 6) is 0. The maximum atomic E-state index is 10.1. The number of benzene rings is 1. The van der Waals surface area contributed by atoms with Crippen molar-refractivity contribution < 1.29 is 5.11 Å². The molecule has 4 rings (SSSR count). The Hall–Kier alpha value is -1.87. The molecule has 3 nitrogen and oxygen atoms in total. The number of nitrogens with one attached hydrogen (secondary N) is 1. The number of aryl methyl sites for hydroxylation is 1. The summed E-state index contributed by atoms with van der Waals surface area (Å²) < 4.78 is 0. The summed E-state index contributed by atoms with van der Waals surface area (Å²) in [5, 5.41) is 12.4. The average molecular weight is 238 g/mol. The predicted octanol–water partition coefficient (Wildman–Crippen LogP) is 3.09. The van der Waals surface area contributed by atoms with Gasteiger partial charge >= 0.3 is 0 Å². The van der Waals surface area contributed by atoms with E-state index in [0.717, 1.165) is 47.1 Å². The number of aromatic amines is 1. The normalized spacial score (nSPS) is 19.3. The van der Waals surface area contributed by atoms with E-state index in [0.29, 0.717) is 0 Å². The molecule has 1 aliphatic carbocycles. The van der Waals surface area contributed by atoms with Crippen LogP contribution < -0.4 is 0 Å². The Morgan fingerprint density at radius 3 is 3.06 bits per heavy atom. The van der Waals surface area contributed by atoms with Crippen molar-refractivity contribution in [1.29, 1.82) is 0 Å². The van der Waals surface area contributed by atoms with Crippen LogP contribution in [0.25, 0.3) is 21.9 Å². The van der Waals surface area contributed by atoms with Crippen molar-refractivity contribution >= 4 is 21.9 Å². The zero-order chi connectivity index (χ0) is 12.1. The monoisotopic (exact) mass is 238 g/mol. The van der Waals surface area contributed by atoms with Gasteiger partial charge in [-0.3, -0.25) is 0 Å². The van der Waals surface area contributed by atoms with Crippen molar-refractivity contribution in [3.63, 3.8) is 0 Å². The van der Waals surface area contributed by atoms with Gasteiger partial charge in [-0.1, -0.05) is 18.2 Å². The summed E-state index contributed by atoms with van der Waals surface area (Å²) in [5.41, 5.74) is 4.10. The van der Waals surface area contributed by atoms with Gasteiger partial charge in [0.2, 0.25) is 0 Å². The lowest BCUT2D eigenvalue weighted by atomic mass is 9.92. The maximum Gasteiger partial charge on any atom is 0.138 e. The molecule has 1 aromatic carbocycles. The van der Waals surface area contributed by atoms with Crippen molar-refractivity contribution in [2.75, 3.05) is 0 Å². The Labute approximate surface area is 104 Å². The van der Waals surface area contributed by atoms with Crippen molar-refractivity contribution in [3.8, 4) is 0 Å². The van der Waals surface area contributed by atoms with Crippen LogP contribution in [-0.4, -0.2) is 15.1 Å². The van der Waals surface area contributed by atoms with Gasteiger partial charge in [0, 0.05) is 27.5 Å². The van der Waals surface area contributed by atoms with Crippen molar-refractivity contribution in [2.45, 2.75) is 25.4 Å². The molecular weight excluding hydrogens is 224 g/mol. The van der Waals surface area contributed by atoms with Crippen LogP contribution in [0.3, 0.4) is 0 Å². The number of fused-ring (bicyclic) bond motifs is 4. The minimum Gasteiger partial charge on any atom is -0.388 e. The minimum atomic E-state index is -0.348. The van der Waals surface area contributed by atoms with E-state index in [1.807, 2.05) is 12.1 Å². The molecule has 3 aromatic rings. The fourth-order valence-electron chi connectivity index (χ4n) is 2.93. The van der Waals surface area contributed by atoms with Crippen molar-refractivity contribution in [2.24, 2.45) is 0 Å². The van der Waals surface area contributed by atoms with Crippen LogP contribution in [0.2, 0.25) is 0 Å². The van der Waals surface area contributed by atoms with Gasteiger partial charge in [-0.15, -0.1) is 0 Å². The third-order valence-corrected chi connectivity index (χ3v) is 3.86. The lowest BCUT2D eigenvalue weighted by Gasteiger charge is -2.20. The fourth-order valence-corrected chi connectivity index (χ4v) is 2.93. The zero-order valence-corrected chi connectivity index (χ0v) is 9.98. The first kappa shape index (κ1) is 10.1. The molecule has 0 spiro atoms. The van der Waals surface area contributed by atoms with Gasteiger partial charge in [-0.25, -0.2) is 4.98 Å². The number of hydrogen-bond acceptors (Lipinski definition) is 2. The summed E-state index contributed by atoms with van der Waals surface area (Å²) in [6.45, 7) is 0. The van der Waals surface area contributed by atoms with Crippen LogP contribution in [0.15, 0.2) is 30.3 Å². The average Bonchev–Trinajstić information content (AvgIpc) is 2.75. The summed E-state index contributed by atoms with van der Waals surface area (Å²) in [4.78, 5) is 8.04. The highest BCUT2D eigenvalue weighted by molar-refractivity contribution is 6.06. The van der Waals surface area contributed by atoms with Crippen LogP contribution in [-0.2, 0) is 6.42 Å². The van der Waals surface area contributed by atoms with E-state index in [1.54, 1.807) is 0 Å². The number of pyridine rings is 1. The molecule has 0 aliphatic heterocycles. The third kappa shape index (κ3) is 1.31. The van der Waals surface area contributed by atoms with E-state index in [1.165, 1.54) is 5.39 Å². The number of nitrogens with zero attached hydrogens (tertiary/aromatic N) is 1. The first-order valence-corrected chi connectivity index (χ1v) is 6.41. The topological polar surface area (TPSA) is 48.9 Å². The number of para-hydroxylation sites is 1. The first-order chi connectivity index (χ1) is 8.83. The van der Waals surface area contributed by atoms with Crippen molar-refractivity contribution in [3.05, 3.63) is 41.6 Å². The van der Waals surface area contributed by atoms with E-state index in [-0.39, 0.29) is 6.10 Å². The molecule has 0 saturated heterocycles. The van der Waals surface area contributed by atoms with Crippen molar-refractivity contribution in [1.82, 2.24) is 9.97 Å². The molecule has 18 heavy (non-hydrogen) atoms. The fraction of sp³-hybridized carbons (Fsp3) is 0.267. The first-order valence-electron chi connectivity index (χ1n) is 6.41.